The first-order valence-electron chi connectivity index (χ1n) is 8.38. The first kappa shape index (κ1) is 17.2. The van der Waals surface area contributed by atoms with Crippen LogP contribution in [0.5, 0.6) is 11.8 Å². The van der Waals surface area contributed by atoms with Crippen molar-refractivity contribution in [3.63, 3.8) is 0 Å². The van der Waals surface area contributed by atoms with Gasteiger partial charge in [-0.25, -0.2) is 9.97 Å². The number of rotatable bonds is 6. The summed E-state index contributed by atoms with van der Waals surface area (Å²) in [6.07, 6.45) is 4.97. The zero-order valence-electron chi connectivity index (χ0n) is 14.8. The molecule has 2 aromatic rings. The van der Waals surface area contributed by atoms with E-state index in [1.54, 1.807) is 12.4 Å². The third-order valence-corrected chi connectivity index (χ3v) is 4.47. The van der Waals surface area contributed by atoms with Crippen molar-refractivity contribution in [2.75, 3.05) is 20.2 Å². The Bertz CT molecular complexity index is 726. The number of carbonyl (C=O) groups excluding carboxylic acids is 1. The molecule has 1 aliphatic heterocycles. The van der Waals surface area contributed by atoms with Gasteiger partial charge in [-0.1, -0.05) is 0 Å². The highest BCUT2D eigenvalue weighted by molar-refractivity contribution is 5.76. The lowest BCUT2D eigenvalue weighted by Crippen LogP contribution is -2.31. The maximum atomic E-state index is 12.5. The van der Waals surface area contributed by atoms with Crippen LogP contribution in [0.2, 0.25) is 0 Å². The third-order valence-electron chi connectivity index (χ3n) is 4.47. The second-order valence-electron chi connectivity index (χ2n) is 6.15. The molecule has 0 saturated carbocycles. The summed E-state index contributed by atoms with van der Waals surface area (Å²) in [5.41, 5.74) is 3.12. The van der Waals surface area contributed by atoms with Gasteiger partial charge in [0.1, 0.15) is 6.10 Å². The average Bonchev–Trinajstić information content (AvgIpc) is 3.21. The standard InChI is InChI=1S/C17H23N5O3/c1-11-14(12(2)21-20-11)4-5-15(23)22-9-6-13(10-22)25-17-16(24-3)18-7-8-19-17/h7-8,13H,4-6,9-10H2,1-3H3,(H,20,21)/t13-/m0/s1. The average molecular weight is 345 g/mol. The van der Waals surface area contributed by atoms with Crippen LogP contribution in [0.25, 0.3) is 0 Å². The van der Waals surface area contributed by atoms with Gasteiger partial charge in [0.25, 0.3) is 11.8 Å². The number of nitrogens with zero attached hydrogens (tertiary/aromatic N) is 4. The van der Waals surface area contributed by atoms with Crippen LogP contribution >= 0.6 is 0 Å². The molecule has 1 atom stereocenters. The third kappa shape index (κ3) is 3.89. The van der Waals surface area contributed by atoms with Crippen molar-refractivity contribution in [1.29, 1.82) is 0 Å². The first-order valence-corrected chi connectivity index (χ1v) is 8.38. The Labute approximate surface area is 146 Å². The van der Waals surface area contributed by atoms with Gasteiger partial charge >= 0.3 is 0 Å². The van der Waals surface area contributed by atoms with Gasteiger partial charge in [-0.3, -0.25) is 9.89 Å². The summed E-state index contributed by atoms with van der Waals surface area (Å²) in [6, 6.07) is 0. The number of aryl methyl sites for hydroxylation is 2. The quantitative estimate of drug-likeness (QED) is 0.851. The molecule has 3 rings (SSSR count). The molecule has 25 heavy (non-hydrogen) atoms. The molecule has 134 valence electrons. The number of carbonyl (C=O) groups is 1. The van der Waals surface area contributed by atoms with Crippen molar-refractivity contribution >= 4 is 5.91 Å². The predicted molar refractivity (Wildman–Crippen MR) is 90.6 cm³/mol. The Morgan fingerprint density at radius 2 is 2.08 bits per heavy atom. The maximum absolute atomic E-state index is 12.5. The van der Waals surface area contributed by atoms with E-state index in [4.69, 9.17) is 9.47 Å². The van der Waals surface area contributed by atoms with Crippen LogP contribution in [0.4, 0.5) is 0 Å². The molecule has 1 amide bonds. The molecule has 0 aliphatic carbocycles. The molecule has 0 unspecified atom stereocenters. The summed E-state index contributed by atoms with van der Waals surface area (Å²) in [4.78, 5) is 22.5. The molecule has 0 radical (unpaired) electrons. The number of methoxy groups -OCH3 is 1. The van der Waals surface area contributed by atoms with Crippen LogP contribution in [0, 0.1) is 13.8 Å². The number of hydrogen-bond acceptors (Lipinski definition) is 6. The molecule has 2 aromatic heterocycles. The summed E-state index contributed by atoms with van der Waals surface area (Å²) < 4.78 is 11.0. The molecule has 1 N–H and O–H groups in total. The molecule has 1 fully saturated rings. The van der Waals surface area contributed by atoms with Gasteiger partial charge in [0, 0.05) is 37.5 Å². The largest absolute Gasteiger partial charge is 0.477 e. The van der Waals surface area contributed by atoms with E-state index in [9.17, 15) is 4.79 Å². The van der Waals surface area contributed by atoms with Crippen LogP contribution < -0.4 is 9.47 Å². The fraction of sp³-hybridized carbons (Fsp3) is 0.529. The van der Waals surface area contributed by atoms with Crippen LogP contribution in [0.15, 0.2) is 12.4 Å². The number of H-pyrrole nitrogens is 1. The minimum Gasteiger partial charge on any atom is -0.477 e. The minimum atomic E-state index is -0.0908. The molecule has 0 spiro atoms. The Kier molecular flexibility index (Phi) is 5.16. The number of amides is 1. The van der Waals surface area contributed by atoms with Crippen molar-refractivity contribution < 1.29 is 14.3 Å². The molecule has 1 saturated heterocycles. The Morgan fingerprint density at radius 3 is 2.76 bits per heavy atom. The zero-order valence-corrected chi connectivity index (χ0v) is 14.8. The highest BCUT2D eigenvalue weighted by Crippen LogP contribution is 2.24. The summed E-state index contributed by atoms with van der Waals surface area (Å²) in [7, 11) is 1.53. The molecule has 8 heteroatoms. The Hall–Kier alpha value is -2.64. The van der Waals surface area contributed by atoms with Gasteiger partial charge < -0.3 is 14.4 Å². The minimum absolute atomic E-state index is 0.0908. The lowest BCUT2D eigenvalue weighted by atomic mass is 10.1. The van der Waals surface area contributed by atoms with Crippen molar-refractivity contribution in [2.45, 2.75) is 39.2 Å². The van der Waals surface area contributed by atoms with Crippen LogP contribution in [0.3, 0.4) is 0 Å². The molecule has 3 heterocycles. The summed E-state index contributed by atoms with van der Waals surface area (Å²) in [6.45, 7) is 5.18. The molecule has 8 nitrogen and oxygen atoms in total. The van der Waals surface area contributed by atoms with Crippen LogP contribution in [-0.4, -0.2) is 57.3 Å². The smallest absolute Gasteiger partial charge is 0.278 e. The first-order chi connectivity index (χ1) is 12.1. The normalized spacial score (nSPS) is 16.9. The van der Waals surface area contributed by atoms with Crippen molar-refractivity contribution in [1.82, 2.24) is 25.1 Å². The zero-order chi connectivity index (χ0) is 17.8. The summed E-state index contributed by atoms with van der Waals surface area (Å²) in [5, 5.41) is 7.13. The topological polar surface area (TPSA) is 93.2 Å². The molecular formula is C17H23N5O3. The summed E-state index contributed by atoms with van der Waals surface area (Å²) in [5.74, 6) is 0.865. The number of hydrogen-bond donors (Lipinski definition) is 1. The Balaban J connectivity index is 1.53. The van der Waals surface area contributed by atoms with E-state index in [2.05, 4.69) is 20.2 Å². The van der Waals surface area contributed by atoms with Crippen LogP contribution in [-0.2, 0) is 11.2 Å². The van der Waals surface area contributed by atoms with Crippen molar-refractivity contribution in [3.05, 3.63) is 29.3 Å². The number of aromatic amines is 1. The predicted octanol–water partition coefficient (Wildman–Crippen LogP) is 1.44. The van der Waals surface area contributed by atoms with Gasteiger partial charge in [-0.05, 0) is 25.8 Å². The van der Waals surface area contributed by atoms with E-state index in [0.717, 1.165) is 23.4 Å². The highest BCUT2D eigenvalue weighted by Gasteiger charge is 2.28. The highest BCUT2D eigenvalue weighted by atomic mass is 16.5. The van der Waals surface area contributed by atoms with E-state index in [0.29, 0.717) is 37.7 Å². The van der Waals surface area contributed by atoms with E-state index >= 15 is 0 Å². The number of likely N-dealkylation sites (tertiary alicyclic amines) is 1. The van der Waals surface area contributed by atoms with Crippen molar-refractivity contribution in [2.24, 2.45) is 0 Å². The van der Waals surface area contributed by atoms with Gasteiger partial charge in [0.2, 0.25) is 5.91 Å². The van der Waals surface area contributed by atoms with Gasteiger partial charge in [-0.2, -0.15) is 5.10 Å². The number of ether oxygens (including phenoxy) is 2. The molecule has 0 aromatic carbocycles. The van der Waals surface area contributed by atoms with E-state index in [-0.39, 0.29) is 12.0 Å². The van der Waals surface area contributed by atoms with Crippen molar-refractivity contribution in [3.8, 4) is 11.8 Å². The number of nitrogens with one attached hydrogen (secondary N) is 1. The van der Waals surface area contributed by atoms with E-state index in [1.807, 2.05) is 18.7 Å². The second-order valence-corrected chi connectivity index (χ2v) is 6.15. The monoisotopic (exact) mass is 345 g/mol. The molecule has 0 bridgehead atoms. The fourth-order valence-corrected chi connectivity index (χ4v) is 3.07. The SMILES string of the molecule is COc1nccnc1O[C@H]1CCN(C(=O)CCc2c(C)n[nH]c2C)C1. The van der Waals surface area contributed by atoms with Gasteiger partial charge in [0.05, 0.1) is 19.3 Å². The lowest BCUT2D eigenvalue weighted by Gasteiger charge is -2.17. The van der Waals surface area contributed by atoms with E-state index in [1.165, 1.54) is 7.11 Å². The molecular weight excluding hydrogens is 322 g/mol. The van der Waals surface area contributed by atoms with Crippen LogP contribution in [0.1, 0.15) is 29.8 Å². The van der Waals surface area contributed by atoms with Gasteiger partial charge in [0.15, 0.2) is 0 Å². The Morgan fingerprint density at radius 1 is 1.32 bits per heavy atom. The number of aromatic nitrogens is 4. The van der Waals surface area contributed by atoms with Gasteiger partial charge in [-0.15, -0.1) is 0 Å². The van der Waals surface area contributed by atoms with E-state index < -0.39 is 0 Å². The maximum Gasteiger partial charge on any atom is 0.278 e. The lowest BCUT2D eigenvalue weighted by molar-refractivity contribution is -0.130. The second kappa shape index (κ2) is 7.50. The fourth-order valence-electron chi connectivity index (χ4n) is 3.07. The summed E-state index contributed by atoms with van der Waals surface area (Å²) >= 11 is 0. The molecule has 1 aliphatic rings.